The van der Waals surface area contributed by atoms with Gasteiger partial charge in [-0.1, -0.05) is 35.9 Å². The minimum Gasteiger partial charge on any atom is -0.496 e. The molecular weight excluding hydrogens is 236 g/mol. The summed E-state index contributed by atoms with van der Waals surface area (Å²) >= 11 is 6.15. The quantitative estimate of drug-likeness (QED) is 0.770. The normalized spacial score (nSPS) is 10.0. The molecule has 0 bridgehead atoms. The van der Waals surface area contributed by atoms with Gasteiger partial charge in [-0.25, -0.2) is 0 Å². The maximum Gasteiger partial charge on any atom is 0.150 e. The van der Waals surface area contributed by atoms with Crippen molar-refractivity contribution in [1.82, 2.24) is 0 Å². The fourth-order valence-electron chi connectivity index (χ4n) is 1.69. The number of aldehydes is 1. The van der Waals surface area contributed by atoms with Gasteiger partial charge in [-0.3, -0.25) is 4.79 Å². The summed E-state index contributed by atoms with van der Waals surface area (Å²) in [4.78, 5) is 10.8. The maximum absolute atomic E-state index is 10.8. The molecule has 2 aromatic carbocycles. The highest BCUT2D eigenvalue weighted by Crippen LogP contribution is 2.34. The van der Waals surface area contributed by atoms with E-state index < -0.39 is 0 Å². The molecule has 2 nitrogen and oxygen atoms in total. The van der Waals surface area contributed by atoms with Crippen LogP contribution >= 0.6 is 11.6 Å². The first-order valence-electron chi connectivity index (χ1n) is 5.14. The first-order chi connectivity index (χ1) is 8.26. The van der Waals surface area contributed by atoms with Crippen LogP contribution in [0.15, 0.2) is 42.5 Å². The van der Waals surface area contributed by atoms with Gasteiger partial charge in [0.25, 0.3) is 0 Å². The first kappa shape index (κ1) is 11.7. The summed E-state index contributed by atoms with van der Waals surface area (Å²) in [7, 11) is 1.61. The van der Waals surface area contributed by atoms with Crippen LogP contribution in [0, 0.1) is 0 Å². The van der Waals surface area contributed by atoms with E-state index >= 15 is 0 Å². The SMILES string of the molecule is COc1ccccc1-c1cc(C=O)ccc1Cl. The van der Waals surface area contributed by atoms with Crippen molar-refractivity contribution in [1.29, 1.82) is 0 Å². The number of hydrogen-bond donors (Lipinski definition) is 0. The first-order valence-corrected chi connectivity index (χ1v) is 5.52. The van der Waals surface area contributed by atoms with Gasteiger partial charge in [-0.15, -0.1) is 0 Å². The molecule has 86 valence electrons. The lowest BCUT2D eigenvalue weighted by Gasteiger charge is -2.10. The molecule has 0 aliphatic rings. The van der Waals surface area contributed by atoms with Crippen LogP contribution in [0.1, 0.15) is 10.4 Å². The van der Waals surface area contributed by atoms with Gasteiger partial charge in [-0.2, -0.15) is 0 Å². The Morgan fingerprint density at radius 2 is 1.88 bits per heavy atom. The highest BCUT2D eigenvalue weighted by molar-refractivity contribution is 6.33. The standard InChI is InChI=1S/C14H11ClO2/c1-17-14-5-3-2-4-11(14)12-8-10(9-16)6-7-13(12)15/h2-9H,1H3. The number of para-hydroxylation sites is 1. The molecule has 17 heavy (non-hydrogen) atoms. The van der Waals surface area contributed by atoms with E-state index in [4.69, 9.17) is 16.3 Å². The minimum absolute atomic E-state index is 0.593. The van der Waals surface area contributed by atoms with Crippen molar-refractivity contribution in [3.8, 4) is 16.9 Å². The van der Waals surface area contributed by atoms with Gasteiger partial charge >= 0.3 is 0 Å². The van der Waals surface area contributed by atoms with Crippen molar-refractivity contribution in [2.24, 2.45) is 0 Å². The van der Waals surface area contributed by atoms with Crippen LogP contribution in [0.4, 0.5) is 0 Å². The van der Waals surface area contributed by atoms with E-state index in [1.165, 1.54) is 0 Å². The van der Waals surface area contributed by atoms with Crippen molar-refractivity contribution in [2.75, 3.05) is 7.11 Å². The Labute approximate surface area is 105 Å². The van der Waals surface area contributed by atoms with Crippen LogP contribution < -0.4 is 4.74 Å². The van der Waals surface area contributed by atoms with Gasteiger partial charge < -0.3 is 4.74 Å². The lowest BCUT2D eigenvalue weighted by molar-refractivity contribution is 0.112. The Morgan fingerprint density at radius 3 is 2.59 bits per heavy atom. The Balaban J connectivity index is 2.62. The molecule has 0 aromatic heterocycles. The number of ether oxygens (including phenoxy) is 1. The third kappa shape index (κ3) is 2.32. The molecule has 0 radical (unpaired) electrons. The van der Waals surface area contributed by atoms with Crippen molar-refractivity contribution in [2.45, 2.75) is 0 Å². The van der Waals surface area contributed by atoms with Gasteiger partial charge in [-0.05, 0) is 18.2 Å². The van der Waals surface area contributed by atoms with Crippen LogP contribution in [-0.2, 0) is 0 Å². The Hall–Kier alpha value is -1.80. The molecule has 0 aliphatic heterocycles. The molecule has 0 fully saturated rings. The maximum atomic E-state index is 10.8. The van der Waals surface area contributed by atoms with E-state index in [2.05, 4.69) is 0 Å². The van der Waals surface area contributed by atoms with Gasteiger partial charge in [0.15, 0.2) is 0 Å². The van der Waals surface area contributed by atoms with E-state index in [1.54, 1.807) is 25.3 Å². The number of halogens is 1. The summed E-state index contributed by atoms with van der Waals surface area (Å²) in [6, 6.07) is 12.7. The molecule has 0 N–H and O–H groups in total. The van der Waals surface area contributed by atoms with Crippen LogP contribution in [0.25, 0.3) is 11.1 Å². The van der Waals surface area contributed by atoms with Gasteiger partial charge in [0.05, 0.1) is 7.11 Å². The summed E-state index contributed by atoms with van der Waals surface area (Å²) in [5.74, 6) is 0.734. The number of methoxy groups -OCH3 is 1. The fraction of sp³-hybridized carbons (Fsp3) is 0.0714. The fourth-order valence-corrected chi connectivity index (χ4v) is 1.91. The molecular formula is C14H11ClO2. The summed E-state index contributed by atoms with van der Waals surface area (Å²) < 4.78 is 5.28. The Kier molecular flexibility index (Phi) is 3.45. The second-order valence-electron chi connectivity index (χ2n) is 3.56. The number of benzene rings is 2. The average Bonchev–Trinajstić information content (AvgIpc) is 2.39. The molecule has 0 heterocycles. The van der Waals surface area contributed by atoms with E-state index in [0.717, 1.165) is 23.2 Å². The van der Waals surface area contributed by atoms with Crippen LogP contribution in [-0.4, -0.2) is 13.4 Å². The number of carbonyl (C=O) groups is 1. The van der Waals surface area contributed by atoms with E-state index in [9.17, 15) is 4.79 Å². The number of carbonyl (C=O) groups excluding carboxylic acids is 1. The molecule has 2 aromatic rings. The predicted octanol–water partition coefficient (Wildman–Crippen LogP) is 3.83. The molecule has 0 saturated heterocycles. The molecule has 0 unspecified atom stereocenters. The number of rotatable bonds is 3. The lowest BCUT2D eigenvalue weighted by Crippen LogP contribution is -1.89. The highest BCUT2D eigenvalue weighted by Gasteiger charge is 2.09. The zero-order valence-corrected chi connectivity index (χ0v) is 10.1. The van der Waals surface area contributed by atoms with Crippen molar-refractivity contribution < 1.29 is 9.53 Å². The zero-order chi connectivity index (χ0) is 12.3. The van der Waals surface area contributed by atoms with E-state index in [1.807, 2.05) is 24.3 Å². The molecule has 0 amide bonds. The van der Waals surface area contributed by atoms with E-state index in [-0.39, 0.29) is 0 Å². The summed E-state index contributed by atoms with van der Waals surface area (Å²) in [6.07, 6.45) is 0.801. The summed E-state index contributed by atoms with van der Waals surface area (Å²) in [5.41, 5.74) is 2.27. The van der Waals surface area contributed by atoms with Crippen molar-refractivity contribution >= 4 is 17.9 Å². The number of hydrogen-bond acceptors (Lipinski definition) is 2. The summed E-state index contributed by atoms with van der Waals surface area (Å²) in [6.45, 7) is 0. The highest BCUT2D eigenvalue weighted by atomic mass is 35.5. The molecule has 0 saturated carbocycles. The monoisotopic (exact) mass is 246 g/mol. The predicted molar refractivity (Wildman–Crippen MR) is 68.8 cm³/mol. The van der Waals surface area contributed by atoms with Crippen molar-refractivity contribution in [3.05, 3.63) is 53.1 Å². The second-order valence-corrected chi connectivity index (χ2v) is 3.96. The largest absolute Gasteiger partial charge is 0.496 e. The van der Waals surface area contributed by atoms with Gasteiger partial charge in [0, 0.05) is 21.7 Å². The molecule has 0 atom stereocenters. The zero-order valence-electron chi connectivity index (χ0n) is 9.31. The Morgan fingerprint density at radius 1 is 1.12 bits per heavy atom. The average molecular weight is 247 g/mol. The van der Waals surface area contributed by atoms with Crippen LogP contribution in [0.3, 0.4) is 0 Å². The molecule has 2 rings (SSSR count). The third-order valence-corrected chi connectivity index (χ3v) is 2.85. The molecule has 3 heteroatoms. The van der Waals surface area contributed by atoms with Crippen LogP contribution in [0.5, 0.6) is 5.75 Å². The smallest absolute Gasteiger partial charge is 0.150 e. The molecule has 0 aliphatic carbocycles. The van der Waals surface area contributed by atoms with Crippen molar-refractivity contribution in [3.63, 3.8) is 0 Å². The topological polar surface area (TPSA) is 26.3 Å². The summed E-state index contributed by atoms with van der Waals surface area (Å²) in [5, 5.41) is 0.597. The van der Waals surface area contributed by atoms with Crippen LogP contribution in [0.2, 0.25) is 5.02 Å². The Bertz CT molecular complexity index is 550. The molecule has 0 spiro atoms. The lowest BCUT2D eigenvalue weighted by atomic mass is 10.0. The minimum atomic E-state index is 0.593. The third-order valence-electron chi connectivity index (χ3n) is 2.52. The van der Waals surface area contributed by atoms with Gasteiger partial charge in [0.1, 0.15) is 12.0 Å². The van der Waals surface area contributed by atoms with Gasteiger partial charge in [0.2, 0.25) is 0 Å². The second kappa shape index (κ2) is 5.02. The van der Waals surface area contributed by atoms with E-state index in [0.29, 0.717) is 10.6 Å².